The highest BCUT2D eigenvalue weighted by Crippen LogP contribution is 2.44. The molecule has 1 fully saturated rings. The zero-order chi connectivity index (χ0) is 21.6. The molecule has 0 aliphatic carbocycles. The fourth-order valence-electron chi connectivity index (χ4n) is 4.46. The van der Waals surface area contributed by atoms with E-state index in [2.05, 4.69) is 24.4 Å². The first-order valence-corrected chi connectivity index (χ1v) is 11.1. The van der Waals surface area contributed by atoms with E-state index in [-0.39, 0.29) is 12.5 Å². The van der Waals surface area contributed by atoms with Gasteiger partial charge in [0.1, 0.15) is 0 Å². The molecule has 4 N–H and O–H groups in total. The van der Waals surface area contributed by atoms with Crippen LogP contribution in [0.3, 0.4) is 0 Å². The van der Waals surface area contributed by atoms with Gasteiger partial charge in [-0.2, -0.15) is 0 Å². The minimum Gasteiger partial charge on any atom is -0.450 e. The summed E-state index contributed by atoms with van der Waals surface area (Å²) in [6.45, 7) is 3.99. The van der Waals surface area contributed by atoms with Crippen LogP contribution in [-0.2, 0) is 16.8 Å². The molecular weight excluding hydrogens is 400 g/mol. The summed E-state index contributed by atoms with van der Waals surface area (Å²) in [7, 11) is 0. The van der Waals surface area contributed by atoms with E-state index < -0.39 is 11.7 Å². The normalized spacial score (nSPS) is 18.6. The maximum Gasteiger partial charge on any atom is 0.404 e. The van der Waals surface area contributed by atoms with Gasteiger partial charge in [-0.15, -0.1) is 0 Å². The molecular formula is C24H31ClN2O3. The van der Waals surface area contributed by atoms with Gasteiger partial charge < -0.3 is 20.9 Å². The number of aliphatic hydroxyl groups is 1. The monoisotopic (exact) mass is 430 g/mol. The standard InChI is InChI=1S/C24H31ClN2O3/c1-2-17-7-3-8-18(15-17)22-20(10-4-11-21(22)25)24(29,12-6-14-30-23(26)28)19-9-5-13-27-16-19/h3-4,7-8,10-11,15,19,27,29H,2,5-6,9,12-14,16H2,1H3,(H2,26,28). The molecule has 2 atom stereocenters. The van der Waals surface area contributed by atoms with Crippen molar-refractivity contribution in [1.82, 2.24) is 5.32 Å². The van der Waals surface area contributed by atoms with Crippen molar-refractivity contribution in [2.24, 2.45) is 11.7 Å². The Labute approximate surface area is 183 Å². The highest BCUT2D eigenvalue weighted by molar-refractivity contribution is 6.33. The number of nitrogens with one attached hydrogen (secondary N) is 1. The second-order valence-corrected chi connectivity index (χ2v) is 8.36. The number of amides is 1. The smallest absolute Gasteiger partial charge is 0.404 e. The topological polar surface area (TPSA) is 84.6 Å². The van der Waals surface area contributed by atoms with E-state index in [1.165, 1.54) is 5.56 Å². The number of hydrogen-bond acceptors (Lipinski definition) is 4. The molecule has 0 saturated carbocycles. The van der Waals surface area contributed by atoms with Crippen LogP contribution in [0.2, 0.25) is 5.02 Å². The van der Waals surface area contributed by atoms with Crippen LogP contribution >= 0.6 is 11.6 Å². The third-order valence-electron chi connectivity index (χ3n) is 6.02. The van der Waals surface area contributed by atoms with Gasteiger partial charge in [-0.1, -0.05) is 54.9 Å². The first kappa shape index (κ1) is 22.6. The van der Waals surface area contributed by atoms with Crippen molar-refractivity contribution in [1.29, 1.82) is 0 Å². The van der Waals surface area contributed by atoms with Crippen molar-refractivity contribution in [2.75, 3.05) is 19.7 Å². The van der Waals surface area contributed by atoms with Crippen LogP contribution in [0.4, 0.5) is 4.79 Å². The van der Waals surface area contributed by atoms with Gasteiger partial charge in [0.05, 0.1) is 12.2 Å². The fourth-order valence-corrected chi connectivity index (χ4v) is 4.74. The fraction of sp³-hybridized carbons (Fsp3) is 0.458. The molecule has 2 unspecified atom stereocenters. The predicted molar refractivity (Wildman–Crippen MR) is 121 cm³/mol. The number of benzene rings is 2. The number of primary amides is 1. The quantitative estimate of drug-likeness (QED) is 0.533. The van der Waals surface area contributed by atoms with Crippen molar-refractivity contribution in [3.63, 3.8) is 0 Å². The summed E-state index contributed by atoms with van der Waals surface area (Å²) >= 11 is 6.69. The third-order valence-corrected chi connectivity index (χ3v) is 6.34. The van der Waals surface area contributed by atoms with Crippen molar-refractivity contribution in [3.8, 4) is 11.1 Å². The van der Waals surface area contributed by atoms with E-state index >= 15 is 0 Å². The average molecular weight is 431 g/mol. The summed E-state index contributed by atoms with van der Waals surface area (Å²) in [5.74, 6) is 0.0337. The summed E-state index contributed by atoms with van der Waals surface area (Å²) in [6.07, 6.45) is 3.02. The molecule has 1 heterocycles. The van der Waals surface area contributed by atoms with Crippen molar-refractivity contribution in [2.45, 2.75) is 44.6 Å². The van der Waals surface area contributed by atoms with Crippen LogP contribution in [0.15, 0.2) is 42.5 Å². The SMILES string of the molecule is CCc1cccc(-c2c(Cl)cccc2C(O)(CCCOC(N)=O)C2CCCNC2)c1. The lowest BCUT2D eigenvalue weighted by Gasteiger charge is -2.40. The van der Waals surface area contributed by atoms with E-state index in [1.54, 1.807) is 0 Å². The lowest BCUT2D eigenvalue weighted by Crippen LogP contribution is -2.44. The molecule has 1 aliphatic heterocycles. The number of ether oxygens (including phenoxy) is 1. The van der Waals surface area contributed by atoms with E-state index in [0.717, 1.165) is 49.0 Å². The Hall–Kier alpha value is -2.08. The summed E-state index contributed by atoms with van der Waals surface area (Å²) in [4.78, 5) is 10.9. The van der Waals surface area contributed by atoms with Gasteiger partial charge in [0.25, 0.3) is 0 Å². The Morgan fingerprint density at radius 2 is 2.13 bits per heavy atom. The number of hydrogen-bond donors (Lipinski definition) is 3. The molecule has 1 aliphatic rings. The second kappa shape index (κ2) is 10.3. The number of rotatable bonds is 8. The van der Waals surface area contributed by atoms with Gasteiger partial charge in [-0.25, -0.2) is 4.79 Å². The van der Waals surface area contributed by atoms with Crippen LogP contribution in [0.25, 0.3) is 11.1 Å². The van der Waals surface area contributed by atoms with E-state index in [4.69, 9.17) is 22.1 Å². The molecule has 0 bridgehead atoms. The number of carbonyl (C=O) groups is 1. The molecule has 0 aromatic heterocycles. The lowest BCUT2D eigenvalue weighted by atomic mass is 9.72. The Balaban J connectivity index is 2.04. The van der Waals surface area contributed by atoms with Gasteiger partial charge in [0.15, 0.2) is 0 Å². The largest absolute Gasteiger partial charge is 0.450 e. The first-order chi connectivity index (χ1) is 14.5. The summed E-state index contributed by atoms with van der Waals surface area (Å²) in [6, 6.07) is 14.0. The lowest BCUT2D eigenvalue weighted by molar-refractivity contribution is -0.0446. The van der Waals surface area contributed by atoms with Gasteiger partial charge in [0, 0.05) is 23.0 Å². The maximum atomic E-state index is 12.1. The Kier molecular flexibility index (Phi) is 7.75. The predicted octanol–water partition coefficient (Wildman–Crippen LogP) is 4.63. The van der Waals surface area contributed by atoms with Crippen LogP contribution in [0.5, 0.6) is 0 Å². The van der Waals surface area contributed by atoms with E-state index in [9.17, 15) is 9.90 Å². The molecule has 5 nitrogen and oxygen atoms in total. The molecule has 1 amide bonds. The summed E-state index contributed by atoms with van der Waals surface area (Å²) in [5.41, 5.74) is 7.92. The molecule has 162 valence electrons. The van der Waals surface area contributed by atoms with Gasteiger partial charge in [-0.05, 0) is 61.4 Å². The Bertz CT molecular complexity index is 867. The van der Waals surface area contributed by atoms with Gasteiger partial charge in [0.2, 0.25) is 0 Å². The van der Waals surface area contributed by atoms with E-state index in [0.29, 0.717) is 17.9 Å². The molecule has 2 aromatic carbocycles. The van der Waals surface area contributed by atoms with Crippen molar-refractivity contribution >= 4 is 17.7 Å². The van der Waals surface area contributed by atoms with Gasteiger partial charge >= 0.3 is 6.09 Å². The van der Waals surface area contributed by atoms with Crippen LogP contribution in [-0.4, -0.2) is 30.9 Å². The van der Waals surface area contributed by atoms with Gasteiger partial charge in [-0.3, -0.25) is 0 Å². The molecule has 30 heavy (non-hydrogen) atoms. The second-order valence-electron chi connectivity index (χ2n) is 7.95. The third kappa shape index (κ3) is 5.15. The molecule has 3 rings (SSSR count). The molecule has 6 heteroatoms. The number of carbonyl (C=O) groups excluding carboxylic acids is 1. The summed E-state index contributed by atoms with van der Waals surface area (Å²) in [5, 5.41) is 16.1. The highest BCUT2D eigenvalue weighted by atomic mass is 35.5. The molecule has 0 spiro atoms. The molecule has 1 saturated heterocycles. The van der Waals surface area contributed by atoms with Crippen molar-refractivity contribution < 1.29 is 14.6 Å². The number of nitrogens with two attached hydrogens (primary N) is 1. The number of aryl methyl sites for hydroxylation is 1. The van der Waals surface area contributed by atoms with Crippen LogP contribution in [0, 0.1) is 5.92 Å². The van der Waals surface area contributed by atoms with Crippen molar-refractivity contribution in [3.05, 3.63) is 58.6 Å². The minimum atomic E-state index is -1.10. The molecule has 0 radical (unpaired) electrons. The number of halogens is 1. The maximum absolute atomic E-state index is 12.1. The molecule has 2 aromatic rings. The van der Waals surface area contributed by atoms with Crippen LogP contribution < -0.4 is 11.1 Å². The highest BCUT2D eigenvalue weighted by Gasteiger charge is 2.40. The number of piperidine rings is 1. The zero-order valence-corrected chi connectivity index (χ0v) is 18.3. The van der Waals surface area contributed by atoms with Crippen LogP contribution in [0.1, 0.15) is 43.7 Å². The Morgan fingerprint density at radius 3 is 2.83 bits per heavy atom. The zero-order valence-electron chi connectivity index (χ0n) is 17.5. The Morgan fingerprint density at radius 1 is 1.33 bits per heavy atom. The average Bonchev–Trinajstić information content (AvgIpc) is 2.77. The first-order valence-electron chi connectivity index (χ1n) is 10.7. The summed E-state index contributed by atoms with van der Waals surface area (Å²) < 4.78 is 4.92. The van der Waals surface area contributed by atoms with E-state index in [1.807, 2.05) is 30.3 Å². The minimum absolute atomic E-state index is 0.0337.